The van der Waals surface area contributed by atoms with E-state index in [4.69, 9.17) is 0 Å². The Morgan fingerprint density at radius 3 is 2.83 bits per heavy atom. The van der Waals surface area contributed by atoms with Crippen molar-refractivity contribution in [3.8, 4) is 0 Å². The van der Waals surface area contributed by atoms with Crippen molar-refractivity contribution >= 4 is 44.3 Å². The van der Waals surface area contributed by atoms with Gasteiger partial charge in [0.2, 0.25) is 5.95 Å². The molecule has 0 unspecified atom stereocenters. The zero-order chi connectivity index (χ0) is 16.0. The minimum absolute atomic E-state index is 0.290. The number of hydrogen-bond acceptors (Lipinski definition) is 3. The fraction of sp³-hybridized carbons (Fsp3) is 0.0588. The minimum Gasteiger partial charge on any atom is -0.324 e. The summed E-state index contributed by atoms with van der Waals surface area (Å²) in [7, 11) is 0. The molecule has 0 saturated heterocycles. The predicted octanol–water partition coefficient (Wildman–Crippen LogP) is 4.48. The highest BCUT2D eigenvalue weighted by Crippen LogP contribution is 2.33. The molecule has 114 valence electrons. The number of benzene rings is 2. The van der Waals surface area contributed by atoms with E-state index in [1.807, 2.05) is 30.3 Å². The van der Waals surface area contributed by atoms with Crippen molar-refractivity contribution < 1.29 is 9.18 Å². The van der Waals surface area contributed by atoms with Gasteiger partial charge in [0.1, 0.15) is 5.82 Å². The number of imidazole rings is 1. The molecule has 0 saturated carbocycles. The van der Waals surface area contributed by atoms with Gasteiger partial charge in [-0.15, -0.1) is 11.3 Å². The molecule has 1 amide bonds. The van der Waals surface area contributed by atoms with Gasteiger partial charge in [0.15, 0.2) is 0 Å². The molecule has 2 heterocycles. The summed E-state index contributed by atoms with van der Waals surface area (Å²) in [6.07, 6.45) is 0. The number of para-hydroxylation sites is 2. The number of aryl methyl sites for hydroxylation is 1. The number of anilines is 1. The van der Waals surface area contributed by atoms with Crippen LogP contribution >= 0.6 is 11.3 Å². The van der Waals surface area contributed by atoms with E-state index in [1.165, 1.54) is 17.4 Å². The molecule has 0 aliphatic carbocycles. The number of nitrogens with one attached hydrogen (secondary N) is 2. The summed E-state index contributed by atoms with van der Waals surface area (Å²) in [5, 5.41) is 3.26. The van der Waals surface area contributed by atoms with Gasteiger partial charge >= 0.3 is 0 Å². The molecule has 4 rings (SSSR count). The van der Waals surface area contributed by atoms with Crippen molar-refractivity contribution in [2.75, 3.05) is 5.32 Å². The van der Waals surface area contributed by atoms with Gasteiger partial charge in [-0.25, -0.2) is 9.37 Å². The van der Waals surface area contributed by atoms with Crippen molar-refractivity contribution in [2.24, 2.45) is 0 Å². The van der Waals surface area contributed by atoms with Crippen molar-refractivity contribution in [3.05, 3.63) is 58.7 Å². The Hall–Kier alpha value is -2.73. The highest BCUT2D eigenvalue weighted by molar-refractivity contribution is 7.21. The Morgan fingerprint density at radius 1 is 1.22 bits per heavy atom. The van der Waals surface area contributed by atoms with Gasteiger partial charge in [0.05, 0.1) is 15.9 Å². The van der Waals surface area contributed by atoms with Crippen molar-refractivity contribution in [1.29, 1.82) is 0 Å². The lowest BCUT2D eigenvalue weighted by Gasteiger charge is -2.00. The molecule has 0 bridgehead atoms. The maximum atomic E-state index is 13.9. The molecule has 0 aliphatic heterocycles. The number of halogens is 1. The molecule has 4 nitrogen and oxygen atoms in total. The summed E-state index contributed by atoms with van der Waals surface area (Å²) in [4.78, 5) is 20.4. The molecule has 0 radical (unpaired) electrons. The lowest BCUT2D eigenvalue weighted by Crippen LogP contribution is -2.12. The standard InChI is InChI=1S/C17H12FN3OS/c1-9-14-10(18)5-4-8-13(14)23-15(9)16(22)21-17-19-11-6-2-3-7-12(11)20-17/h2-8H,1H3,(H2,19,20,21,22). The first-order valence-electron chi connectivity index (χ1n) is 7.07. The topological polar surface area (TPSA) is 57.8 Å². The first-order chi connectivity index (χ1) is 11.1. The molecule has 0 aliphatic rings. The number of aromatic nitrogens is 2. The number of amides is 1. The lowest BCUT2D eigenvalue weighted by atomic mass is 10.1. The Morgan fingerprint density at radius 2 is 2.04 bits per heavy atom. The second kappa shape index (κ2) is 5.17. The van der Waals surface area contributed by atoms with E-state index in [0.717, 1.165) is 15.7 Å². The van der Waals surface area contributed by atoms with Gasteiger partial charge < -0.3 is 4.98 Å². The summed E-state index contributed by atoms with van der Waals surface area (Å²) in [6, 6.07) is 12.4. The highest BCUT2D eigenvalue weighted by atomic mass is 32.1. The summed E-state index contributed by atoms with van der Waals surface area (Å²) in [6.45, 7) is 1.76. The Bertz CT molecular complexity index is 1020. The third-order valence-corrected chi connectivity index (χ3v) is 4.99. The monoisotopic (exact) mass is 325 g/mol. The second-order valence-electron chi connectivity index (χ2n) is 5.23. The molecule has 2 N–H and O–H groups in total. The van der Waals surface area contributed by atoms with E-state index >= 15 is 0 Å². The molecule has 2 aromatic heterocycles. The van der Waals surface area contributed by atoms with Gasteiger partial charge in [-0.1, -0.05) is 18.2 Å². The van der Waals surface area contributed by atoms with Gasteiger partial charge in [0, 0.05) is 10.1 Å². The molecule has 6 heteroatoms. The first-order valence-corrected chi connectivity index (χ1v) is 7.89. The molecule has 2 aromatic carbocycles. The average molecular weight is 325 g/mol. The van der Waals surface area contributed by atoms with Gasteiger partial charge in [0.25, 0.3) is 5.91 Å². The quantitative estimate of drug-likeness (QED) is 0.571. The maximum absolute atomic E-state index is 13.9. The molecular weight excluding hydrogens is 313 g/mol. The van der Waals surface area contributed by atoms with Crippen LogP contribution in [-0.2, 0) is 0 Å². The SMILES string of the molecule is Cc1c(C(=O)Nc2nc3ccccc3[nH]2)sc2cccc(F)c12. The van der Waals surface area contributed by atoms with Crippen LogP contribution in [0.15, 0.2) is 42.5 Å². The Labute approximate surface area is 135 Å². The second-order valence-corrected chi connectivity index (χ2v) is 6.28. The minimum atomic E-state index is -0.306. The lowest BCUT2D eigenvalue weighted by molar-refractivity contribution is 0.102. The molecular formula is C17H12FN3OS. The van der Waals surface area contributed by atoms with Crippen LogP contribution in [0.2, 0.25) is 0 Å². The Kier molecular flexibility index (Phi) is 3.12. The normalized spacial score (nSPS) is 11.2. The number of nitrogens with zero attached hydrogens (tertiary/aromatic N) is 1. The molecule has 0 fully saturated rings. The largest absolute Gasteiger partial charge is 0.324 e. The first kappa shape index (κ1) is 13.9. The summed E-state index contributed by atoms with van der Waals surface area (Å²) >= 11 is 1.28. The van der Waals surface area contributed by atoms with E-state index in [9.17, 15) is 9.18 Å². The van der Waals surface area contributed by atoms with Crippen molar-refractivity contribution in [2.45, 2.75) is 6.92 Å². The maximum Gasteiger partial charge on any atom is 0.268 e. The fourth-order valence-electron chi connectivity index (χ4n) is 2.65. The van der Waals surface area contributed by atoms with Crippen LogP contribution in [0.5, 0.6) is 0 Å². The molecule has 0 spiro atoms. The number of carbonyl (C=O) groups is 1. The van der Waals surface area contributed by atoms with Crippen LogP contribution < -0.4 is 5.32 Å². The van der Waals surface area contributed by atoms with Crippen molar-refractivity contribution in [1.82, 2.24) is 9.97 Å². The summed E-state index contributed by atoms with van der Waals surface area (Å²) < 4.78 is 14.7. The van der Waals surface area contributed by atoms with Crippen LogP contribution in [-0.4, -0.2) is 15.9 Å². The number of thiophene rings is 1. The number of rotatable bonds is 2. The summed E-state index contributed by atoms with van der Waals surface area (Å²) in [5.74, 6) is -0.213. The third kappa shape index (κ3) is 2.27. The van der Waals surface area contributed by atoms with E-state index in [0.29, 0.717) is 21.8 Å². The number of aromatic amines is 1. The average Bonchev–Trinajstić information content (AvgIpc) is 3.08. The predicted molar refractivity (Wildman–Crippen MR) is 90.6 cm³/mol. The zero-order valence-corrected chi connectivity index (χ0v) is 13.0. The van der Waals surface area contributed by atoms with Gasteiger partial charge in [-0.3, -0.25) is 10.1 Å². The van der Waals surface area contributed by atoms with Crippen molar-refractivity contribution in [3.63, 3.8) is 0 Å². The van der Waals surface area contributed by atoms with E-state index in [-0.39, 0.29) is 11.7 Å². The van der Waals surface area contributed by atoms with E-state index in [1.54, 1.807) is 13.0 Å². The highest BCUT2D eigenvalue weighted by Gasteiger charge is 2.18. The number of fused-ring (bicyclic) bond motifs is 2. The number of H-pyrrole nitrogens is 1. The fourth-order valence-corrected chi connectivity index (χ4v) is 3.76. The van der Waals surface area contributed by atoms with Crippen LogP contribution in [0.3, 0.4) is 0 Å². The Balaban J connectivity index is 1.71. The van der Waals surface area contributed by atoms with Crippen LogP contribution in [0, 0.1) is 12.7 Å². The van der Waals surface area contributed by atoms with E-state index < -0.39 is 0 Å². The number of hydrogen-bond donors (Lipinski definition) is 2. The van der Waals surface area contributed by atoms with Crippen LogP contribution in [0.1, 0.15) is 15.2 Å². The zero-order valence-electron chi connectivity index (χ0n) is 12.2. The molecule has 23 heavy (non-hydrogen) atoms. The smallest absolute Gasteiger partial charge is 0.268 e. The van der Waals surface area contributed by atoms with Crippen LogP contribution in [0.25, 0.3) is 21.1 Å². The third-order valence-electron chi connectivity index (χ3n) is 3.73. The van der Waals surface area contributed by atoms with Crippen LogP contribution in [0.4, 0.5) is 10.3 Å². The number of carbonyl (C=O) groups excluding carboxylic acids is 1. The van der Waals surface area contributed by atoms with Gasteiger partial charge in [-0.05, 0) is 36.8 Å². The molecule has 4 aromatic rings. The molecule has 0 atom stereocenters. The van der Waals surface area contributed by atoms with E-state index in [2.05, 4.69) is 15.3 Å². The summed E-state index contributed by atoms with van der Waals surface area (Å²) in [5.41, 5.74) is 2.28. The van der Waals surface area contributed by atoms with Gasteiger partial charge in [-0.2, -0.15) is 0 Å².